The molecule has 3 nitrogen and oxygen atoms in total. The maximum atomic E-state index is 10.0. The lowest BCUT2D eigenvalue weighted by Gasteiger charge is -2.11. The van der Waals surface area contributed by atoms with Crippen LogP contribution in [0.5, 0.6) is 0 Å². The van der Waals surface area contributed by atoms with Gasteiger partial charge in [0.1, 0.15) is 0 Å². The van der Waals surface area contributed by atoms with Gasteiger partial charge in [0.15, 0.2) is 0 Å². The van der Waals surface area contributed by atoms with Gasteiger partial charge in [0.05, 0.1) is 17.7 Å². The molecule has 1 unspecified atom stereocenters. The first kappa shape index (κ1) is 16.3. The quantitative estimate of drug-likeness (QED) is 0.802. The van der Waals surface area contributed by atoms with Crippen molar-refractivity contribution in [2.45, 2.75) is 6.10 Å². The number of aliphatic hydroxyl groups is 1. The van der Waals surface area contributed by atoms with E-state index in [0.717, 1.165) is 11.1 Å². The van der Waals surface area contributed by atoms with Crippen molar-refractivity contribution in [3.8, 4) is 6.07 Å². The molecule has 0 saturated carbocycles. The summed E-state index contributed by atoms with van der Waals surface area (Å²) in [4.78, 5) is 0. The maximum absolute atomic E-state index is 10.0. The zero-order valence-electron chi connectivity index (χ0n) is 12.0. The summed E-state index contributed by atoms with van der Waals surface area (Å²) >= 11 is 5.82. The first-order valence-corrected chi connectivity index (χ1v) is 7.38. The second-order valence-electron chi connectivity index (χ2n) is 4.86. The number of hydrogen-bond acceptors (Lipinski definition) is 3. The molecule has 0 radical (unpaired) electrons. The van der Waals surface area contributed by atoms with E-state index >= 15 is 0 Å². The van der Waals surface area contributed by atoms with Crippen LogP contribution in [0, 0.1) is 11.3 Å². The van der Waals surface area contributed by atoms with Gasteiger partial charge in [0.2, 0.25) is 0 Å². The molecule has 0 saturated heterocycles. The Hall–Kier alpha value is -2.12. The van der Waals surface area contributed by atoms with Gasteiger partial charge in [-0.25, -0.2) is 0 Å². The SMILES string of the molecule is N#Cc1ccc(/C=C/CNCC(O)c2ccc(Cl)cc2)cc1. The molecule has 2 aromatic carbocycles. The highest BCUT2D eigenvalue weighted by molar-refractivity contribution is 6.30. The first-order valence-electron chi connectivity index (χ1n) is 7.00. The monoisotopic (exact) mass is 312 g/mol. The molecule has 2 aromatic rings. The maximum Gasteiger partial charge on any atom is 0.0991 e. The summed E-state index contributed by atoms with van der Waals surface area (Å²) < 4.78 is 0. The fourth-order valence-corrected chi connectivity index (χ4v) is 2.10. The van der Waals surface area contributed by atoms with E-state index in [1.54, 1.807) is 24.3 Å². The Labute approximate surface area is 135 Å². The minimum atomic E-state index is -0.555. The molecule has 0 spiro atoms. The Morgan fingerprint density at radius 1 is 1.14 bits per heavy atom. The van der Waals surface area contributed by atoms with Crippen LogP contribution in [0.15, 0.2) is 54.6 Å². The number of rotatable bonds is 6. The molecule has 4 heteroatoms. The first-order chi connectivity index (χ1) is 10.7. The molecule has 2 rings (SSSR count). The topological polar surface area (TPSA) is 56.0 Å². The van der Waals surface area contributed by atoms with Crippen LogP contribution < -0.4 is 5.32 Å². The predicted octanol–water partition coefficient (Wildman–Crippen LogP) is 3.55. The highest BCUT2D eigenvalue weighted by Gasteiger charge is 2.05. The lowest BCUT2D eigenvalue weighted by molar-refractivity contribution is 0.176. The molecule has 0 heterocycles. The lowest BCUT2D eigenvalue weighted by Crippen LogP contribution is -2.21. The molecular weight excluding hydrogens is 296 g/mol. The largest absolute Gasteiger partial charge is 0.387 e. The van der Waals surface area contributed by atoms with Gasteiger partial charge in [0, 0.05) is 18.1 Å². The minimum absolute atomic E-state index is 0.472. The van der Waals surface area contributed by atoms with Crippen LogP contribution in [0.2, 0.25) is 5.02 Å². The smallest absolute Gasteiger partial charge is 0.0991 e. The zero-order valence-corrected chi connectivity index (χ0v) is 12.8. The zero-order chi connectivity index (χ0) is 15.8. The molecule has 112 valence electrons. The normalized spacial score (nSPS) is 12.2. The predicted molar refractivity (Wildman–Crippen MR) is 89.5 cm³/mol. The van der Waals surface area contributed by atoms with Crippen LogP contribution in [0.25, 0.3) is 6.08 Å². The molecule has 22 heavy (non-hydrogen) atoms. The Morgan fingerprint density at radius 3 is 2.45 bits per heavy atom. The lowest BCUT2D eigenvalue weighted by atomic mass is 10.1. The Morgan fingerprint density at radius 2 is 1.82 bits per heavy atom. The average molecular weight is 313 g/mol. The fourth-order valence-electron chi connectivity index (χ4n) is 1.97. The van der Waals surface area contributed by atoms with Crippen molar-refractivity contribution in [3.63, 3.8) is 0 Å². The van der Waals surface area contributed by atoms with Crippen LogP contribution in [-0.2, 0) is 0 Å². The Balaban J connectivity index is 1.75. The number of halogens is 1. The number of nitrogens with one attached hydrogen (secondary N) is 1. The van der Waals surface area contributed by atoms with Gasteiger partial charge in [-0.1, -0.05) is 48.0 Å². The minimum Gasteiger partial charge on any atom is -0.387 e. The van der Waals surface area contributed by atoms with Crippen molar-refractivity contribution in [2.24, 2.45) is 0 Å². The summed E-state index contributed by atoms with van der Waals surface area (Å²) in [6, 6.07) is 16.6. The molecule has 2 N–H and O–H groups in total. The second-order valence-corrected chi connectivity index (χ2v) is 5.30. The number of nitriles is 1. The highest BCUT2D eigenvalue weighted by Crippen LogP contribution is 2.15. The van der Waals surface area contributed by atoms with Crippen LogP contribution in [-0.4, -0.2) is 18.2 Å². The summed E-state index contributed by atoms with van der Waals surface area (Å²) in [5.41, 5.74) is 2.54. The third kappa shape index (κ3) is 5.01. The molecule has 0 fully saturated rings. The van der Waals surface area contributed by atoms with Crippen LogP contribution in [0.3, 0.4) is 0 Å². The van der Waals surface area contributed by atoms with Crippen molar-refractivity contribution < 1.29 is 5.11 Å². The number of nitrogens with zero attached hydrogens (tertiary/aromatic N) is 1. The van der Waals surface area contributed by atoms with Gasteiger partial charge in [-0.15, -0.1) is 0 Å². The Bertz CT molecular complexity index is 657. The van der Waals surface area contributed by atoms with Gasteiger partial charge in [-0.3, -0.25) is 0 Å². The van der Waals surface area contributed by atoms with Crippen molar-refractivity contribution in [2.75, 3.05) is 13.1 Å². The summed E-state index contributed by atoms with van der Waals surface area (Å²) in [6.45, 7) is 1.13. The van der Waals surface area contributed by atoms with Gasteiger partial charge in [0.25, 0.3) is 0 Å². The van der Waals surface area contributed by atoms with Crippen molar-refractivity contribution in [1.29, 1.82) is 5.26 Å². The van der Waals surface area contributed by atoms with E-state index < -0.39 is 6.10 Å². The van der Waals surface area contributed by atoms with Crippen LogP contribution in [0.1, 0.15) is 22.8 Å². The number of aliphatic hydroxyl groups excluding tert-OH is 1. The molecule has 0 bridgehead atoms. The molecule has 0 aliphatic heterocycles. The van der Waals surface area contributed by atoms with Crippen molar-refractivity contribution in [3.05, 3.63) is 76.3 Å². The number of hydrogen-bond donors (Lipinski definition) is 2. The molecule has 1 atom stereocenters. The number of benzene rings is 2. The molecule has 0 aliphatic rings. The standard InChI is InChI=1S/C18H17ClN2O/c19-17-9-7-16(8-10-17)18(22)13-21-11-1-2-14-3-5-15(12-20)6-4-14/h1-10,18,21-22H,11,13H2/b2-1+. The van der Waals surface area contributed by atoms with Crippen molar-refractivity contribution >= 4 is 17.7 Å². The van der Waals surface area contributed by atoms with Gasteiger partial charge in [-0.05, 0) is 35.4 Å². The highest BCUT2D eigenvalue weighted by atomic mass is 35.5. The van der Waals surface area contributed by atoms with E-state index in [-0.39, 0.29) is 0 Å². The van der Waals surface area contributed by atoms with E-state index in [4.69, 9.17) is 16.9 Å². The molecule has 0 aromatic heterocycles. The summed E-state index contributed by atoms with van der Waals surface area (Å²) in [5, 5.41) is 22.6. The van der Waals surface area contributed by atoms with E-state index in [1.807, 2.05) is 36.4 Å². The third-order valence-corrected chi connectivity index (χ3v) is 3.46. The second kappa shape index (κ2) is 8.35. The van der Waals surface area contributed by atoms with E-state index in [9.17, 15) is 5.11 Å². The van der Waals surface area contributed by atoms with Crippen LogP contribution in [0.4, 0.5) is 0 Å². The van der Waals surface area contributed by atoms with Gasteiger partial charge >= 0.3 is 0 Å². The van der Waals surface area contributed by atoms with Gasteiger partial charge < -0.3 is 10.4 Å². The molecule has 0 amide bonds. The van der Waals surface area contributed by atoms with Crippen molar-refractivity contribution in [1.82, 2.24) is 5.32 Å². The Kier molecular flexibility index (Phi) is 6.17. The van der Waals surface area contributed by atoms with E-state index in [1.165, 1.54) is 0 Å². The summed E-state index contributed by atoms with van der Waals surface area (Å²) in [7, 11) is 0. The molecule has 0 aliphatic carbocycles. The van der Waals surface area contributed by atoms with Gasteiger partial charge in [-0.2, -0.15) is 5.26 Å². The van der Waals surface area contributed by atoms with E-state index in [0.29, 0.717) is 23.7 Å². The third-order valence-electron chi connectivity index (χ3n) is 3.20. The average Bonchev–Trinajstić information content (AvgIpc) is 2.55. The van der Waals surface area contributed by atoms with Crippen LogP contribution >= 0.6 is 11.6 Å². The van der Waals surface area contributed by atoms with E-state index in [2.05, 4.69) is 11.4 Å². The summed E-state index contributed by atoms with van der Waals surface area (Å²) in [5.74, 6) is 0. The molecular formula is C18H17ClN2O. The summed E-state index contributed by atoms with van der Waals surface area (Å²) in [6.07, 6.45) is 3.40. The fraction of sp³-hybridized carbons (Fsp3) is 0.167.